The molecule has 2 unspecified atom stereocenters. The van der Waals surface area contributed by atoms with Gasteiger partial charge in [0.05, 0.1) is 22.6 Å². The van der Waals surface area contributed by atoms with Gasteiger partial charge in [-0.3, -0.25) is 19.3 Å². The number of allylic oxidation sites excluding steroid dienone is 1. The number of ether oxygens (including phenoxy) is 1. The van der Waals surface area contributed by atoms with Gasteiger partial charge in [-0.25, -0.2) is 19.1 Å². The lowest BCUT2D eigenvalue weighted by atomic mass is 9.81. The average molecular weight is 576 g/mol. The van der Waals surface area contributed by atoms with Gasteiger partial charge in [-0.2, -0.15) is 4.98 Å². The molecule has 0 spiro atoms. The molecule has 1 aromatic heterocycles. The minimum atomic E-state index is -1.18. The third kappa shape index (κ3) is 3.74. The molecule has 43 heavy (non-hydrogen) atoms. The molecule has 2 atom stereocenters. The fourth-order valence-electron chi connectivity index (χ4n) is 5.93. The van der Waals surface area contributed by atoms with Gasteiger partial charge in [-0.15, -0.1) is 0 Å². The monoisotopic (exact) mass is 575 g/mol. The largest absolute Gasteiger partial charge is 0.507 e. The molecule has 4 aromatic rings. The van der Waals surface area contributed by atoms with Gasteiger partial charge in [0, 0.05) is 18.2 Å². The van der Waals surface area contributed by atoms with Crippen molar-refractivity contribution in [2.75, 3.05) is 0 Å². The highest BCUT2D eigenvalue weighted by atomic mass is 16.5. The summed E-state index contributed by atoms with van der Waals surface area (Å²) in [5.74, 6) is -2.32. The zero-order valence-corrected chi connectivity index (χ0v) is 22.9. The number of aromatic nitrogens is 2. The van der Waals surface area contributed by atoms with Gasteiger partial charge in [0.2, 0.25) is 0 Å². The number of hydrogen-bond donors (Lipinski definition) is 3. The first kappa shape index (κ1) is 26.1. The summed E-state index contributed by atoms with van der Waals surface area (Å²) in [6.45, 7) is 1.42. The van der Waals surface area contributed by atoms with Gasteiger partial charge < -0.3 is 9.84 Å². The van der Waals surface area contributed by atoms with Crippen LogP contribution in [0.5, 0.6) is 5.75 Å². The Bertz CT molecular complexity index is 2070. The molecule has 11 heteroatoms. The van der Waals surface area contributed by atoms with Crippen molar-refractivity contribution in [1.29, 1.82) is 0 Å². The molecule has 0 bridgehead atoms. The number of aliphatic hydroxyl groups is 1. The number of hydrogen-bond acceptors (Lipinski definition) is 7. The number of nitrogens with zero attached hydrogens (tertiary/aromatic N) is 2. The number of H-pyrrole nitrogens is 1. The molecule has 3 N–H and O–H groups in total. The van der Waals surface area contributed by atoms with Crippen LogP contribution in [0.3, 0.4) is 0 Å². The Balaban J connectivity index is 1.23. The number of nitrogens with one attached hydrogen (secondary N) is 2. The molecule has 1 aliphatic carbocycles. The van der Waals surface area contributed by atoms with Crippen LogP contribution in [0.4, 0.5) is 5.82 Å². The maximum Gasteiger partial charge on any atom is 0.415 e. The number of carbonyl (C=O) groups excluding carboxylic acids is 3. The zero-order chi connectivity index (χ0) is 30.2. The molecule has 3 heterocycles. The number of aliphatic hydroxyl groups excluding tert-OH is 1. The lowest BCUT2D eigenvalue weighted by molar-refractivity contribution is -0.360. The van der Waals surface area contributed by atoms with Gasteiger partial charge >= 0.3 is 11.7 Å². The van der Waals surface area contributed by atoms with Crippen LogP contribution in [-0.4, -0.2) is 49.1 Å². The summed E-state index contributed by atoms with van der Waals surface area (Å²) >= 11 is 0. The lowest BCUT2D eigenvalue weighted by Crippen LogP contribution is -2.71. The van der Waals surface area contributed by atoms with E-state index in [4.69, 9.17) is 4.74 Å². The molecule has 0 fully saturated rings. The topological polar surface area (TPSA) is 153 Å². The Morgan fingerprint density at radius 1 is 0.884 bits per heavy atom. The zero-order valence-electron chi connectivity index (χ0n) is 22.9. The van der Waals surface area contributed by atoms with Crippen molar-refractivity contribution >= 4 is 35.1 Å². The highest BCUT2D eigenvalue weighted by Crippen LogP contribution is 2.43. The fourth-order valence-corrected chi connectivity index (χ4v) is 5.93. The Labute approximate surface area is 243 Å². The highest BCUT2D eigenvalue weighted by molar-refractivity contribution is 6.23. The summed E-state index contributed by atoms with van der Waals surface area (Å²) in [5, 5.41) is 11.3. The minimum absolute atomic E-state index is 0.00674. The van der Waals surface area contributed by atoms with E-state index in [9.17, 15) is 29.1 Å². The van der Waals surface area contributed by atoms with Crippen molar-refractivity contribution in [2.45, 2.75) is 18.9 Å². The van der Waals surface area contributed by atoms with E-state index >= 15 is 0 Å². The van der Waals surface area contributed by atoms with Crippen molar-refractivity contribution in [3.63, 3.8) is 0 Å². The molecule has 3 aromatic carbocycles. The molecule has 11 nitrogen and oxygen atoms in total. The Morgan fingerprint density at radius 3 is 2.09 bits per heavy atom. The number of fused-ring (bicyclic) bond motifs is 5. The van der Waals surface area contributed by atoms with E-state index < -0.39 is 41.0 Å². The standard InChI is InChI=1S/C32H22N4O7/c1-15(36-28(38)20-9-5-6-10-21(20)29(36)39)31(41)43-17-13-11-16(12-14-17)22-23-25(18-7-3-4-8-19(18)26(23)37)33-27-24(22)30(40)35(2)32(42)34-27/h3-15,22,37H,1-2H3,(H,34,42)/p+1. The number of carbonyl (C=O) groups is 3. The van der Waals surface area contributed by atoms with Gasteiger partial charge in [0.25, 0.3) is 23.2 Å². The average Bonchev–Trinajstić information content (AvgIpc) is 3.44. The number of benzene rings is 3. The summed E-state index contributed by atoms with van der Waals surface area (Å²) in [5.41, 5.74) is 2.52. The first-order valence-corrected chi connectivity index (χ1v) is 13.5. The van der Waals surface area contributed by atoms with E-state index in [1.165, 1.54) is 38.2 Å². The van der Waals surface area contributed by atoms with E-state index in [0.29, 0.717) is 22.4 Å². The molecule has 0 saturated carbocycles. The van der Waals surface area contributed by atoms with Crippen molar-refractivity contribution in [1.82, 2.24) is 14.5 Å². The van der Waals surface area contributed by atoms with Gasteiger partial charge in [-0.05, 0) is 42.8 Å². The van der Waals surface area contributed by atoms with Crippen LogP contribution in [0.2, 0.25) is 0 Å². The number of rotatable bonds is 4. The molecule has 0 saturated heterocycles. The molecule has 7 rings (SSSR count). The van der Waals surface area contributed by atoms with Gasteiger partial charge in [-0.1, -0.05) is 42.5 Å². The molecule has 2 amide bonds. The third-order valence-corrected chi connectivity index (χ3v) is 8.13. The molecule has 3 aliphatic rings. The summed E-state index contributed by atoms with van der Waals surface area (Å²) in [4.78, 5) is 71.3. The van der Waals surface area contributed by atoms with Crippen molar-refractivity contribution in [2.24, 2.45) is 7.05 Å². The number of esters is 1. The van der Waals surface area contributed by atoms with E-state index in [0.717, 1.165) is 15.0 Å². The first-order chi connectivity index (χ1) is 20.7. The maximum absolute atomic E-state index is 13.4. The predicted octanol–water partition coefficient (Wildman–Crippen LogP) is 1.29. The van der Waals surface area contributed by atoms with Crippen LogP contribution < -0.4 is 21.0 Å². The Kier molecular flexibility index (Phi) is 5.67. The Hall–Kier alpha value is -5.84. The number of amides is 2. The normalized spacial score (nSPS) is 17.2. The molecular weight excluding hydrogens is 552 g/mol. The van der Waals surface area contributed by atoms with Crippen LogP contribution in [0.25, 0.3) is 5.76 Å². The second kappa shape index (κ2) is 9.35. The van der Waals surface area contributed by atoms with Crippen LogP contribution in [-0.2, 0) is 11.8 Å². The number of aromatic amines is 1. The van der Waals surface area contributed by atoms with Gasteiger partial charge in [0.1, 0.15) is 28.8 Å². The molecule has 212 valence electrons. The Morgan fingerprint density at radius 2 is 1.47 bits per heavy atom. The summed E-state index contributed by atoms with van der Waals surface area (Å²) in [7, 11) is 1.37. The lowest BCUT2D eigenvalue weighted by Gasteiger charge is -2.23. The van der Waals surface area contributed by atoms with E-state index in [2.05, 4.69) is 9.98 Å². The molecule has 2 aliphatic heterocycles. The van der Waals surface area contributed by atoms with Gasteiger partial charge in [0.15, 0.2) is 0 Å². The summed E-state index contributed by atoms with van der Waals surface area (Å²) < 4.78 is 6.50. The smallest absolute Gasteiger partial charge is 0.415 e. The highest BCUT2D eigenvalue weighted by Gasteiger charge is 2.44. The molecular formula is C32H23N4O7+. The van der Waals surface area contributed by atoms with Crippen molar-refractivity contribution in [3.05, 3.63) is 133 Å². The van der Waals surface area contributed by atoms with Crippen LogP contribution >= 0.6 is 0 Å². The summed E-state index contributed by atoms with van der Waals surface area (Å²) in [6, 6.07) is 18.8. The SMILES string of the molecule is CC(C(=O)Oc1ccc(C2C3=C(O)c4ccccc4C3=[NH+]c3[nH]c(=O)n(C)c(=O)c32)cc1)N1C(=O)c2ccccc2C1=O. The van der Waals surface area contributed by atoms with Crippen molar-refractivity contribution < 1.29 is 29.2 Å². The second-order valence-corrected chi connectivity index (χ2v) is 10.5. The predicted molar refractivity (Wildman–Crippen MR) is 153 cm³/mol. The quantitative estimate of drug-likeness (QED) is 0.188. The van der Waals surface area contributed by atoms with Crippen LogP contribution in [0.1, 0.15) is 55.8 Å². The van der Waals surface area contributed by atoms with Crippen LogP contribution in [0.15, 0.2) is 88.0 Å². The van der Waals surface area contributed by atoms with E-state index in [1.807, 2.05) is 12.1 Å². The van der Waals surface area contributed by atoms with E-state index in [-0.39, 0.29) is 34.0 Å². The summed E-state index contributed by atoms with van der Waals surface area (Å²) in [6.07, 6.45) is 0. The first-order valence-electron chi connectivity index (χ1n) is 13.5. The third-order valence-electron chi connectivity index (χ3n) is 8.13. The molecule has 0 radical (unpaired) electrons. The minimum Gasteiger partial charge on any atom is -0.507 e. The number of imide groups is 1. The van der Waals surface area contributed by atoms with Crippen molar-refractivity contribution in [3.8, 4) is 5.75 Å². The fraction of sp³-hybridized carbons (Fsp3) is 0.125. The maximum atomic E-state index is 13.4. The second-order valence-electron chi connectivity index (χ2n) is 10.5. The van der Waals surface area contributed by atoms with Crippen LogP contribution in [0, 0.1) is 0 Å². The van der Waals surface area contributed by atoms with E-state index in [1.54, 1.807) is 36.4 Å².